The normalized spacial score (nSPS) is 15.6. The first kappa shape index (κ1) is 62.3. The molecular formula is C57H56F12N8O6. The maximum absolute atomic E-state index is 14.6. The molecular weight excluding hydrogens is 1120 g/mol. The average molecular weight is 1180 g/mol. The minimum atomic E-state index is -5.92. The van der Waals surface area contributed by atoms with Gasteiger partial charge in [0.1, 0.15) is 53.6 Å². The van der Waals surface area contributed by atoms with E-state index >= 15 is 0 Å². The van der Waals surface area contributed by atoms with Crippen LogP contribution in [0, 0.1) is 11.6 Å². The predicted octanol–water partition coefficient (Wildman–Crippen LogP) is 13.4. The lowest BCUT2D eigenvalue weighted by Gasteiger charge is -2.29. The number of anilines is 4. The van der Waals surface area contributed by atoms with Crippen LogP contribution in [0.25, 0.3) is 0 Å². The van der Waals surface area contributed by atoms with Gasteiger partial charge in [-0.1, -0.05) is 24.3 Å². The molecule has 444 valence electrons. The van der Waals surface area contributed by atoms with Crippen molar-refractivity contribution in [2.24, 2.45) is 0 Å². The SMILES string of the molecule is CC(C)(C)OC(=O)N1CCCC1COc1cc(NC(=O)c2cccnc2NCc2ccc(F)cc2)ccc1C(F)(F)C(F)(F)F.O=C(Nc1ccc(C(F)(F)C(F)(F)F)c(OC[C@H]2CCCN2)c1)c1cccnc1NCc1ccc(F)cc1. The summed E-state index contributed by atoms with van der Waals surface area (Å²) in [5.74, 6) is -13.8. The lowest BCUT2D eigenvalue weighted by molar-refractivity contribution is -0.289. The largest absolute Gasteiger partial charge is 0.491 e. The minimum Gasteiger partial charge on any atom is -0.491 e. The van der Waals surface area contributed by atoms with Crippen LogP contribution < -0.4 is 36.1 Å². The van der Waals surface area contributed by atoms with Gasteiger partial charge in [-0.3, -0.25) is 9.59 Å². The van der Waals surface area contributed by atoms with Gasteiger partial charge in [-0.25, -0.2) is 23.5 Å². The number of amides is 3. The number of carbonyl (C=O) groups is 3. The summed E-state index contributed by atoms with van der Waals surface area (Å²) in [6.07, 6.45) is -7.06. The van der Waals surface area contributed by atoms with Crippen LogP contribution in [0.5, 0.6) is 11.5 Å². The number of likely N-dealkylation sites (tertiary alicyclic amines) is 1. The van der Waals surface area contributed by atoms with Crippen molar-refractivity contribution in [2.45, 2.75) is 101 Å². The minimum absolute atomic E-state index is 0.0422. The molecule has 0 spiro atoms. The van der Waals surface area contributed by atoms with E-state index in [4.69, 9.17) is 14.2 Å². The van der Waals surface area contributed by atoms with Crippen molar-refractivity contribution in [3.05, 3.63) is 167 Å². The molecule has 2 aromatic heterocycles. The molecule has 0 saturated carbocycles. The van der Waals surface area contributed by atoms with E-state index in [2.05, 4.69) is 36.6 Å². The second-order valence-corrected chi connectivity index (χ2v) is 20.1. The molecule has 3 amide bonds. The number of carbonyl (C=O) groups excluding carboxylic acids is 3. The third kappa shape index (κ3) is 16.5. The van der Waals surface area contributed by atoms with Crippen LogP contribution in [0.3, 0.4) is 0 Å². The maximum atomic E-state index is 14.6. The van der Waals surface area contributed by atoms with Gasteiger partial charge in [-0.05, 0) is 137 Å². The summed E-state index contributed by atoms with van der Waals surface area (Å²) >= 11 is 0. The van der Waals surface area contributed by atoms with E-state index < -0.39 is 94.6 Å². The number of nitrogens with one attached hydrogen (secondary N) is 5. The molecule has 2 aliphatic heterocycles. The van der Waals surface area contributed by atoms with Gasteiger partial charge in [-0.15, -0.1) is 0 Å². The Morgan fingerprint density at radius 1 is 0.602 bits per heavy atom. The Balaban J connectivity index is 0.000000242. The number of alkyl halides is 10. The summed E-state index contributed by atoms with van der Waals surface area (Å²) in [7, 11) is 0. The zero-order chi connectivity index (χ0) is 60.3. The van der Waals surface area contributed by atoms with Gasteiger partial charge in [0.05, 0.1) is 28.3 Å². The molecule has 2 aliphatic rings. The second-order valence-electron chi connectivity index (χ2n) is 20.1. The Morgan fingerprint density at radius 3 is 1.48 bits per heavy atom. The maximum Gasteiger partial charge on any atom is 0.458 e. The highest BCUT2D eigenvalue weighted by Gasteiger charge is 2.61. The summed E-state index contributed by atoms with van der Waals surface area (Å²) in [4.78, 5) is 48.4. The van der Waals surface area contributed by atoms with Crippen molar-refractivity contribution >= 4 is 40.9 Å². The second kappa shape index (κ2) is 26.3. The van der Waals surface area contributed by atoms with Crippen LogP contribution in [0.1, 0.15) is 89.4 Å². The zero-order valence-electron chi connectivity index (χ0n) is 44.6. The van der Waals surface area contributed by atoms with E-state index in [1.54, 1.807) is 45.0 Å². The van der Waals surface area contributed by atoms with Crippen molar-refractivity contribution in [1.82, 2.24) is 20.2 Å². The number of rotatable bonds is 18. The topological polar surface area (TPSA) is 168 Å². The summed E-state index contributed by atoms with van der Waals surface area (Å²) in [5, 5.41) is 14.0. The molecule has 2 fully saturated rings. The van der Waals surface area contributed by atoms with Crippen molar-refractivity contribution < 1.29 is 81.3 Å². The first-order valence-corrected chi connectivity index (χ1v) is 25.8. The summed E-state index contributed by atoms with van der Waals surface area (Å²) in [5.41, 5.74) is -2.19. The number of pyridine rings is 2. The van der Waals surface area contributed by atoms with E-state index in [9.17, 15) is 67.1 Å². The summed E-state index contributed by atoms with van der Waals surface area (Å²) in [6, 6.07) is 21.2. The zero-order valence-corrected chi connectivity index (χ0v) is 44.6. The van der Waals surface area contributed by atoms with E-state index in [1.165, 1.54) is 65.8 Å². The van der Waals surface area contributed by atoms with Crippen LogP contribution in [0.2, 0.25) is 0 Å². The number of nitrogens with zero attached hydrogens (tertiary/aromatic N) is 3. The van der Waals surface area contributed by atoms with Gasteiger partial charge >= 0.3 is 30.3 Å². The van der Waals surface area contributed by atoms with E-state index in [-0.39, 0.29) is 59.9 Å². The Hall–Kier alpha value is -8.29. The number of hydrogen-bond acceptors (Lipinski definition) is 11. The highest BCUT2D eigenvalue weighted by atomic mass is 19.4. The van der Waals surface area contributed by atoms with Crippen molar-refractivity contribution in [1.29, 1.82) is 0 Å². The molecule has 1 unspecified atom stereocenters. The summed E-state index contributed by atoms with van der Waals surface area (Å²) in [6.45, 7) is 5.93. The van der Waals surface area contributed by atoms with Gasteiger partial charge in [0, 0.05) is 61.6 Å². The van der Waals surface area contributed by atoms with E-state index in [1.807, 2.05) is 0 Å². The average Bonchev–Trinajstić information content (AvgIpc) is 4.23. The smallest absolute Gasteiger partial charge is 0.458 e. The van der Waals surface area contributed by atoms with Crippen molar-refractivity contribution in [3.8, 4) is 11.5 Å². The van der Waals surface area contributed by atoms with Gasteiger partial charge in [0.25, 0.3) is 11.8 Å². The molecule has 2 atom stereocenters. The van der Waals surface area contributed by atoms with Gasteiger partial charge in [-0.2, -0.15) is 43.9 Å². The lowest BCUT2D eigenvalue weighted by atomic mass is 10.1. The Labute approximate surface area is 468 Å². The standard InChI is InChI=1S/C31H32F6N4O4.C26H24F6N4O2/c1-29(2,3)45-28(43)41-15-5-6-22(41)18-44-25-16-21(12-13-24(25)30(33,34)31(35,36)37)40-27(42)23-7-4-14-38-26(23)39-17-19-8-10-20(32)11-9-19;27-17-7-5-16(6-8-17)14-35-23-20(4-2-12-34-23)24(37)36-18-9-10-21(25(28,29)26(30,31)32)22(13-18)38-15-19-3-1-11-33-19/h4,7-14,16,22H,5-6,15,17-18H2,1-3H3,(H,38,39)(H,40,42);2,4-10,12-13,19,33H,1,3,11,14-15H2,(H,34,35)(H,36,37)/t;19-/m.1/s1. The Bertz CT molecular complexity index is 3190. The predicted molar refractivity (Wildman–Crippen MR) is 283 cm³/mol. The molecule has 2 saturated heterocycles. The molecule has 8 rings (SSSR count). The number of aromatic nitrogens is 2. The molecule has 0 aliphatic carbocycles. The monoisotopic (exact) mass is 1180 g/mol. The molecule has 4 heterocycles. The fraction of sp³-hybridized carbons (Fsp3) is 0.351. The Kier molecular flexibility index (Phi) is 19.7. The molecule has 0 radical (unpaired) electrons. The third-order valence-electron chi connectivity index (χ3n) is 12.8. The van der Waals surface area contributed by atoms with E-state index in [0.29, 0.717) is 50.0 Å². The number of halogens is 12. The first-order chi connectivity index (χ1) is 39.1. The first-order valence-electron chi connectivity index (χ1n) is 25.8. The molecule has 83 heavy (non-hydrogen) atoms. The summed E-state index contributed by atoms with van der Waals surface area (Å²) < 4.78 is 180. The molecule has 6 aromatic rings. The molecule has 4 aromatic carbocycles. The van der Waals surface area contributed by atoms with Crippen molar-refractivity contribution in [2.75, 3.05) is 47.6 Å². The van der Waals surface area contributed by atoms with Crippen molar-refractivity contribution in [3.63, 3.8) is 0 Å². The van der Waals surface area contributed by atoms with Crippen LogP contribution >= 0.6 is 0 Å². The van der Waals surface area contributed by atoms with Crippen LogP contribution in [-0.4, -0.2) is 89.1 Å². The lowest BCUT2D eigenvalue weighted by Crippen LogP contribution is -2.42. The molecule has 14 nitrogen and oxygen atoms in total. The van der Waals surface area contributed by atoms with Gasteiger partial charge < -0.3 is 45.7 Å². The van der Waals surface area contributed by atoms with Crippen LogP contribution in [-0.2, 0) is 29.7 Å². The fourth-order valence-corrected chi connectivity index (χ4v) is 8.54. The number of ether oxygens (including phenoxy) is 3. The molecule has 0 bridgehead atoms. The Morgan fingerprint density at radius 2 is 1.06 bits per heavy atom. The quantitative estimate of drug-likeness (QED) is 0.0520. The molecule has 26 heteroatoms. The number of hydrogen-bond donors (Lipinski definition) is 5. The fourth-order valence-electron chi connectivity index (χ4n) is 8.54. The van der Waals surface area contributed by atoms with E-state index in [0.717, 1.165) is 36.2 Å². The van der Waals surface area contributed by atoms with Gasteiger partial charge in [0.2, 0.25) is 0 Å². The van der Waals surface area contributed by atoms with Crippen LogP contribution in [0.4, 0.5) is 80.5 Å². The number of benzene rings is 4. The van der Waals surface area contributed by atoms with Gasteiger partial charge in [0.15, 0.2) is 0 Å². The van der Waals surface area contributed by atoms with Crippen LogP contribution in [0.15, 0.2) is 122 Å². The molecule has 5 N–H and O–H groups in total. The third-order valence-corrected chi connectivity index (χ3v) is 12.8. The highest BCUT2D eigenvalue weighted by molar-refractivity contribution is 6.08. The highest BCUT2D eigenvalue weighted by Crippen LogP contribution is 2.49.